The third kappa shape index (κ3) is 6.85. The molecule has 160 valence electrons. The maximum Gasteiger partial charge on any atom is 0.333 e. The van der Waals surface area contributed by atoms with Crippen LogP contribution in [0.2, 0.25) is 0 Å². The molecule has 0 aliphatic carbocycles. The van der Waals surface area contributed by atoms with Gasteiger partial charge in [-0.25, -0.2) is 4.79 Å². The summed E-state index contributed by atoms with van der Waals surface area (Å²) in [6.45, 7) is 12.6. The highest BCUT2D eigenvalue weighted by molar-refractivity contribution is 6.10. The number of hydrogen-bond acceptors (Lipinski definition) is 5. The molecule has 0 unspecified atom stereocenters. The summed E-state index contributed by atoms with van der Waals surface area (Å²) in [5.41, 5.74) is 2.62. The van der Waals surface area contributed by atoms with Gasteiger partial charge in [0, 0.05) is 16.7 Å². The van der Waals surface area contributed by atoms with Crippen LogP contribution >= 0.6 is 0 Å². The smallest absolute Gasteiger partial charge is 0.333 e. The Morgan fingerprint density at radius 1 is 0.900 bits per heavy atom. The summed E-state index contributed by atoms with van der Waals surface area (Å²) in [7, 11) is 0. The molecule has 0 heterocycles. The number of carbonyl (C=O) groups excluding carboxylic acids is 2. The van der Waals surface area contributed by atoms with Gasteiger partial charge in [-0.15, -0.1) is 0 Å². The zero-order valence-corrected chi connectivity index (χ0v) is 18.2. The Labute approximate surface area is 178 Å². The van der Waals surface area contributed by atoms with E-state index in [1.807, 2.05) is 24.3 Å². The van der Waals surface area contributed by atoms with Crippen molar-refractivity contribution in [3.8, 4) is 5.75 Å². The second kappa shape index (κ2) is 10.7. The molecular formula is C25H30O5. The third-order valence-electron chi connectivity index (χ3n) is 4.40. The molecule has 0 saturated carbocycles. The summed E-state index contributed by atoms with van der Waals surface area (Å²) in [4.78, 5) is 24.2. The third-order valence-corrected chi connectivity index (χ3v) is 4.40. The van der Waals surface area contributed by atoms with Crippen LogP contribution in [0.5, 0.6) is 5.75 Å². The molecule has 0 amide bonds. The first-order valence-corrected chi connectivity index (χ1v) is 9.97. The van der Waals surface area contributed by atoms with Crippen molar-refractivity contribution in [2.24, 2.45) is 0 Å². The van der Waals surface area contributed by atoms with E-state index in [0.717, 1.165) is 11.1 Å². The number of ketones is 1. The van der Waals surface area contributed by atoms with Gasteiger partial charge < -0.3 is 14.2 Å². The Morgan fingerprint density at radius 2 is 1.53 bits per heavy atom. The van der Waals surface area contributed by atoms with Gasteiger partial charge in [0.05, 0.1) is 13.2 Å². The molecule has 0 N–H and O–H groups in total. The number of hydrogen-bond donors (Lipinski definition) is 0. The lowest BCUT2D eigenvalue weighted by Crippen LogP contribution is -2.17. The van der Waals surface area contributed by atoms with Crippen molar-refractivity contribution in [3.63, 3.8) is 0 Å². The lowest BCUT2D eigenvalue weighted by molar-refractivity contribution is -0.140. The SMILES string of the molecule is C=C(C)C(=O)OCCOCCOc1ccc(C(=O)c2ccccc2C(C)(C)C)cc1. The van der Waals surface area contributed by atoms with E-state index in [2.05, 4.69) is 27.4 Å². The predicted molar refractivity (Wildman–Crippen MR) is 117 cm³/mol. The second-order valence-corrected chi connectivity index (χ2v) is 8.03. The van der Waals surface area contributed by atoms with E-state index in [4.69, 9.17) is 14.2 Å². The quantitative estimate of drug-likeness (QED) is 0.245. The van der Waals surface area contributed by atoms with E-state index in [9.17, 15) is 9.59 Å². The van der Waals surface area contributed by atoms with Crippen LogP contribution in [0.1, 0.15) is 49.2 Å². The van der Waals surface area contributed by atoms with Gasteiger partial charge in [-0.1, -0.05) is 51.6 Å². The number of esters is 1. The Balaban J connectivity index is 1.83. The Kier molecular flexibility index (Phi) is 8.36. The molecular weight excluding hydrogens is 380 g/mol. The fraction of sp³-hybridized carbons (Fsp3) is 0.360. The van der Waals surface area contributed by atoms with Crippen LogP contribution < -0.4 is 4.74 Å². The summed E-state index contributed by atoms with van der Waals surface area (Å²) >= 11 is 0. The Hall–Kier alpha value is -2.92. The summed E-state index contributed by atoms with van der Waals surface area (Å²) in [6, 6.07) is 14.8. The van der Waals surface area contributed by atoms with E-state index in [1.165, 1.54) is 0 Å². The topological polar surface area (TPSA) is 61.8 Å². The highest BCUT2D eigenvalue weighted by Gasteiger charge is 2.21. The molecule has 0 atom stereocenters. The van der Waals surface area contributed by atoms with E-state index in [1.54, 1.807) is 31.2 Å². The van der Waals surface area contributed by atoms with E-state index in [0.29, 0.717) is 36.7 Å². The molecule has 2 aromatic rings. The zero-order chi connectivity index (χ0) is 22.1. The van der Waals surface area contributed by atoms with Crippen LogP contribution in [0.25, 0.3) is 0 Å². The standard InChI is InChI=1S/C25H30O5/c1-18(2)24(27)30-17-15-28-14-16-29-20-12-10-19(11-13-20)23(26)21-8-6-7-9-22(21)25(3,4)5/h6-13H,1,14-17H2,2-5H3. The maximum atomic E-state index is 13.0. The van der Waals surface area contributed by atoms with Gasteiger partial charge in [0.2, 0.25) is 0 Å². The highest BCUT2D eigenvalue weighted by Crippen LogP contribution is 2.27. The van der Waals surface area contributed by atoms with Crippen LogP contribution in [0.3, 0.4) is 0 Å². The van der Waals surface area contributed by atoms with Crippen LogP contribution in [0.4, 0.5) is 0 Å². The molecule has 0 bridgehead atoms. The first-order valence-electron chi connectivity index (χ1n) is 9.97. The van der Waals surface area contributed by atoms with Gasteiger partial charge in [-0.3, -0.25) is 4.79 Å². The zero-order valence-electron chi connectivity index (χ0n) is 18.2. The van der Waals surface area contributed by atoms with Crippen LogP contribution in [-0.2, 0) is 19.7 Å². The average molecular weight is 411 g/mol. The predicted octanol–water partition coefficient (Wildman–Crippen LogP) is 4.73. The minimum Gasteiger partial charge on any atom is -0.491 e. The van der Waals surface area contributed by atoms with E-state index in [-0.39, 0.29) is 17.8 Å². The fourth-order valence-corrected chi connectivity index (χ4v) is 2.83. The monoisotopic (exact) mass is 410 g/mol. The van der Waals surface area contributed by atoms with Gasteiger partial charge >= 0.3 is 5.97 Å². The van der Waals surface area contributed by atoms with E-state index < -0.39 is 5.97 Å². The van der Waals surface area contributed by atoms with Crippen LogP contribution in [0, 0.1) is 0 Å². The van der Waals surface area contributed by atoms with Crippen molar-refractivity contribution >= 4 is 11.8 Å². The van der Waals surface area contributed by atoms with Crippen molar-refractivity contribution < 1.29 is 23.8 Å². The van der Waals surface area contributed by atoms with Gasteiger partial charge in [0.15, 0.2) is 5.78 Å². The first kappa shape index (κ1) is 23.4. The maximum absolute atomic E-state index is 13.0. The molecule has 0 aromatic heterocycles. The van der Waals surface area contributed by atoms with Gasteiger partial charge in [-0.2, -0.15) is 0 Å². The van der Waals surface area contributed by atoms with Crippen LogP contribution in [-0.4, -0.2) is 38.2 Å². The molecule has 0 spiro atoms. The molecule has 0 aliphatic rings. The summed E-state index contributed by atoms with van der Waals surface area (Å²) in [5, 5.41) is 0. The normalized spacial score (nSPS) is 11.1. The second-order valence-electron chi connectivity index (χ2n) is 8.03. The number of rotatable bonds is 10. The van der Waals surface area contributed by atoms with Gasteiger partial charge in [0.1, 0.15) is 19.0 Å². The summed E-state index contributed by atoms with van der Waals surface area (Å²) in [6.07, 6.45) is 0. The summed E-state index contributed by atoms with van der Waals surface area (Å²) < 4.78 is 15.9. The largest absolute Gasteiger partial charge is 0.491 e. The van der Waals surface area contributed by atoms with Crippen molar-refractivity contribution in [2.45, 2.75) is 33.1 Å². The molecule has 0 aliphatic heterocycles. The van der Waals surface area contributed by atoms with E-state index >= 15 is 0 Å². The minimum absolute atomic E-state index is 0.000263. The molecule has 5 heteroatoms. The molecule has 0 fully saturated rings. The van der Waals surface area contributed by atoms with Gasteiger partial charge in [-0.05, 0) is 42.2 Å². The number of benzene rings is 2. The van der Waals surface area contributed by atoms with Crippen molar-refractivity contribution in [2.75, 3.05) is 26.4 Å². The fourth-order valence-electron chi connectivity index (χ4n) is 2.83. The lowest BCUT2D eigenvalue weighted by Gasteiger charge is -2.22. The summed E-state index contributed by atoms with van der Waals surface area (Å²) in [5.74, 6) is 0.238. The molecule has 30 heavy (non-hydrogen) atoms. The first-order chi connectivity index (χ1) is 14.2. The van der Waals surface area contributed by atoms with Crippen molar-refractivity contribution in [1.29, 1.82) is 0 Å². The molecule has 5 nitrogen and oxygen atoms in total. The van der Waals surface area contributed by atoms with Crippen molar-refractivity contribution in [3.05, 3.63) is 77.4 Å². The van der Waals surface area contributed by atoms with Gasteiger partial charge in [0.25, 0.3) is 0 Å². The molecule has 0 saturated heterocycles. The Morgan fingerprint density at radius 3 is 2.17 bits per heavy atom. The van der Waals surface area contributed by atoms with Crippen molar-refractivity contribution in [1.82, 2.24) is 0 Å². The molecule has 0 radical (unpaired) electrons. The van der Waals surface area contributed by atoms with Crippen LogP contribution in [0.15, 0.2) is 60.7 Å². The number of carbonyl (C=O) groups is 2. The molecule has 2 aromatic carbocycles. The number of ether oxygens (including phenoxy) is 3. The lowest BCUT2D eigenvalue weighted by atomic mass is 9.82. The average Bonchev–Trinajstić information content (AvgIpc) is 2.72. The minimum atomic E-state index is -0.422. The molecule has 2 rings (SSSR count). The Bertz CT molecular complexity index is 875. The highest BCUT2D eigenvalue weighted by atomic mass is 16.6.